The Morgan fingerprint density at radius 1 is 0.909 bits per heavy atom. The van der Waals surface area contributed by atoms with Crippen LogP contribution in [-0.4, -0.2) is 34.5 Å². The Hall–Kier alpha value is -1.74. The number of nitrogens with zero attached hydrogens (tertiary/aromatic N) is 3. The van der Waals surface area contributed by atoms with Gasteiger partial charge in [0, 0.05) is 23.7 Å². The molecule has 3 heterocycles. The molecule has 1 fully saturated rings. The zero-order chi connectivity index (χ0) is 15.0. The van der Waals surface area contributed by atoms with Crippen LogP contribution in [0.5, 0.6) is 0 Å². The number of pyridine rings is 2. The molecule has 0 radical (unpaired) electrons. The molecule has 0 amide bonds. The molecular weight excluding hydrogens is 270 g/mol. The highest BCUT2D eigenvalue weighted by Crippen LogP contribution is 2.16. The average Bonchev–Trinajstić information content (AvgIpc) is 2.61. The molecule has 1 aliphatic heterocycles. The number of hydrogen-bond acceptors (Lipinski definition) is 3. The third-order valence-electron chi connectivity index (χ3n) is 4.39. The molecule has 2 aromatic heterocycles. The lowest BCUT2D eigenvalue weighted by Gasteiger charge is -2.26. The molecule has 0 unspecified atom stereocenters. The van der Waals surface area contributed by atoms with Crippen molar-refractivity contribution in [3.63, 3.8) is 0 Å². The molecule has 0 atom stereocenters. The van der Waals surface area contributed by atoms with Crippen molar-refractivity contribution in [2.75, 3.05) is 19.6 Å². The Morgan fingerprint density at radius 2 is 1.82 bits per heavy atom. The maximum Gasteiger partial charge on any atom is 0.0717 e. The maximum atomic E-state index is 4.59. The predicted octanol–water partition coefficient (Wildman–Crippen LogP) is 3.95. The van der Waals surface area contributed by atoms with Crippen molar-refractivity contribution in [2.24, 2.45) is 0 Å². The Labute approximate surface area is 133 Å². The van der Waals surface area contributed by atoms with Gasteiger partial charge in [0.05, 0.1) is 5.69 Å². The van der Waals surface area contributed by atoms with E-state index < -0.39 is 0 Å². The van der Waals surface area contributed by atoms with Gasteiger partial charge < -0.3 is 4.90 Å². The van der Waals surface area contributed by atoms with Gasteiger partial charge in [-0.3, -0.25) is 9.97 Å². The number of likely N-dealkylation sites (tertiary alicyclic amines) is 1. The highest BCUT2D eigenvalue weighted by Gasteiger charge is 2.09. The van der Waals surface area contributed by atoms with E-state index in [-0.39, 0.29) is 0 Å². The Bertz CT molecular complexity index is 545. The van der Waals surface area contributed by atoms with Crippen LogP contribution in [-0.2, 0) is 6.42 Å². The molecule has 2 aromatic rings. The van der Waals surface area contributed by atoms with Gasteiger partial charge in [0.15, 0.2) is 0 Å². The lowest BCUT2D eigenvalue weighted by molar-refractivity contribution is 0.225. The van der Waals surface area contributed by atoms with E-state index in [9.17, 15) is 0 Å². The molecular formula is C19H25N3. The van der Waals surface area contributed by atoms with Crippen LogP contribution < -0.4 is 0 Å². The van der Waals surface area contributed by atoms with Crippen molar-refractivity contribution < 1.29 is 0 Å². The monoisotopic (exact) mass is 295 g/mol. The van der Waals surface area contributed by atoms with Crippen molar-refractivity contribution in [1.29, 1.82) is 0 Å². The quantitative estimate of drug-likeness (QED) is 0.756. The van der Waals surface area contributed by atoms with E-state index in [1.807, 2.05) is 30.6 Å². The summed E-state index contributed by atoms with van der Waals surface area (Å²) in [4.78, 5) is 11.6. The van der Waals surface area contributed by atoms with Gasteiger partial charge in [0.25, 0.3) is 0 Å². The summed E-state index contributed by atoms with van der Waals surface area (Å²) in [6, 6.07) is 10.2. The van der Waals surface area contributed by atoms with E-state index in [0.717, 1.165) is 17.7 Å². The van der Waals surface area contributed by atoms with Gasteiger partial charge in [-0.1, -0.05) is 12.5 Å². The summed E-state index contributed by atoms with van der Waals surface area (Å²) in [6.07, 6.45) is 11.6. The predicted molar refractivity (Wildman–Crippen MR) is 90.7 cm³/mol. The summed E-state index contributed by atoms with van der Waals surface area (Å²) in [7, 11) is 0. The van der Waals surface area contributed by atoms with Gasteiger partial charge in [-0.25, -0.2) is 0 Å². The second-order valence-corrected chi connectivity index (χ2v) is 6.11. The summed E-state index contributed by atoms with van der Waals surface area (Å²) in [5.74, 6) is 0. The maximum absolute atomic E-state index is 4.59. The summed E-state index contributed by atoms with van der Waals surface area (Å²) < 4.78 is 0. The van der Waals surface area contributed by atoms with Crippen molar-refractivity contribution in [2.45, 2.75) is 38.5 Å². The fourth-order valence-electron chi connectivity index (χ4n) is 3.08. The zero-order valence-electron chi connectivity index (χ0n) is 13.2. The standard InChI is InChI=1S/C19H25N3/c1-5-13-22(14-6-1)15-7-3-8-18-11-10-17(16-21-18)19-9-2-4-12-20-19/h2,4,9-12,16H,1,3,5-8,13-15H2. The highest BCUT2D eigenvalue weighted by atomic mass is 15.1. The van der Waals surface area contributed by atoms with Gasteiger partial charge in [0.1, 0.15) is 0 Å². The van der Waals surface area contributed by atoms with Gasteiger partial charge in [0.2, 0.25) is 0 Å². The molecule has 0 saturated carbocycles. The molecule has 0 N–H and O–H groups in total. The van der Waals surface area contributed by atoms with E-state index in [1.165, 1.54) is 57.4 Å². The summed E-state index contributed by atoms with van der Waals surface area (Å²) in [6.45, 7) is 3.86. The molecule has 3 rings (SSSR count). The highest BCUT2D eigenvalue weighted by molar-refractivity contribution is 5.57. The van der Waals surface area contributed by atoms with Gasteiger partial charge in [-0.15, -0.1) is 0 Å². The number of hydrogen-bond donors (Lipinski definition) is 0. The van der Waals surface area contributed by atoms with Crippen LogP contribution in [0, 0.1) is 0 Å². The van der Waals surface area contributed by atoms with Crippen molar-refractivity contribution in [3.05, 3.63) is 48.4 Å². The first kappa shape index (κ1) is 15.2. The molecule has 3 heteroatoms. The third kappa shape index (κ3) is 4.38. The van der Waals surface area contributed by atoms with Crippen LogP contribution in [0.2, 0.25) is 0 Å². The topological polar surface area (TPSA) is 29.0 Å². The second-order valence-electron chi connectivity index (χ2n) is 6.11. The first-order valence-electron chi connectivity index (χ1n) is 8.50. The van der Waals surface area contributed by atoms with Crippen LogP contribution in [0.3, 0.4) is 0 Å². The van der Waals surface area contributed by atoms with E-state index in [1.54, 1.807) is 0 Å². The van der Waals surface area contributed by atoms with Crippen LogP contribution in [0.15, 0.2) is 42.7 Å². The summed E-state index contributed by atoms with van der Waals surface area (Å²) >= 11 is 0. The first-order chi connectivity index (χ1) is 10.9. The normalized spacial score (nSPS) is 15.8. The second kappa shape index (κ2) is 8.04. The van der Waals surface area contributed by atoms with Crippen LogP contribution >= 0.6 is 0 Å². The minimum Gasteiger partial charge on any atom is -0.303 e. The molecule has 1 aliphatic rings. The number of piperidine rings is 1. The minimum atomic E-state index is 0.992. The van der Waals surface area contributed by atoms with Crippen molar-refractivity contribution >= 4 is 0 Å². The smallest absolute Gasteiger partial charge is 0.0717 e. The summed E-state index contributed by atoms with van der Waals surface area (Å²) in [5.41, 5.74) is 3.28. The number of aryl methyl sites for hydroxylation is 1. The number of aromatic nitrogens is 2. The molecule has 3 nitrogen and oxygen atoms in total. The SMILES string of the molecule is c1ccc(-c2ccc(CCCCN3CCCCC3)nc2)nc1. The zero-order valence-corrected chi connectivity index (χ0v) is 13.2. The molecule has 0 spiro atoms. The lowest BCUT2D eigenvalue weighted by atomic mass is 10.1. The molecule has 0 bridgehead atoms. The Morgan fingerprint density at radius 3 is 2.55 bits per heavy atom. The van der Waals surface area contributed by atoms with Crippen LogP contribution in [0.4, 0.5) is 0 Å². The molecule has 116 valence electrons. The van der Waals surface area contributed by atoms with Gasteiger partial charge in [-0.2, -0.15) is 0 Å². The number of unbranched alkanes of at least 4 members (excludes halogenated alkanes) is 1. The Balaban J connectivity index is 1.43. The average molecular weight is 295 g/mol. The van der Waals surface area contributed by atoms with Crippen LogP contribution in [0.1, 0.15) is 37.8 Å². The number of rotatable bonds is 6. The van der Waals surface area contributed by atoms with E-state index in [2.05, 4.69) is 27.0 Å². The van der Waals surface area contributed by atoms with E-state index >= 15 is 0 Å². The van der Waals surface area contributed by atoms with Crippen LogP contribution in [0.25, 0.3) is 11.3 Å². The van der Waals surface area contributed by atoms with Gasteiger partial charge in [-0.05, 0) is 76.0 Å². The molecule has 22 heavy (non-hydrogen) atoms. The lowest BCUT2D eigenvalue weighted by Crippen LogP contribution is -2.30. The molecule has 0 aromatic carbocycles. The Kier molecular flexibility index (Phi) is 5.54. The van der Waals surface area contributed by atoms with Crippen molar-refractivity contribution in [3.8, 4) is 11.3 Å². The van der Waals surface area contributed by atoms with Crippen molar-refractivity contribution in [1.82, 2.24) is 14.9 Å². The van der Waals surface area contributed by atoms with E-state index in [4.69, 9.17) is 0 Å². The fourth-order valence-corrected chi connectivity index (χ4v) is 3.08. The first-order valence-corrected chi connectivity index (χ1v) is 8.50. The minimum absolute atomic E-state index is 0.992. The van der Waals surface area contributed by atoms with E-state index in [0.29, 0.717) is 0 Å². The summed E-state index contributed by atoms with van der Waals surface area (Å²) in [5, 5.41) is 0. The molecule has 0 aliphatic carbocycles. The van der Waals surface area contributed by atoms with Gasteiger partial charge >= 0.3 is 0 Å². The molecule has 1 saturated heterocycles. The fraction of sp³-hybridized carbons (Fsp3) is 0.474. The largest absolute Gasteiger partial charge is 0.303 e. The third-order valence-corrected chi connectivity index (χ3v) is 4.39.